The molecule has 1 aromatic rings. The molecular formula is C12H23N5. The van der Waals surface area contributed by atoms with E-state index < -0.39 is 0 Å². The van der Waals surface area contributed by atoms with Crippen LogP contribution in [0.25, 0.3) is 0 Å². The lowest BCUT2D eigenvalue weighted by atomic mass is 10.4. The first kappa shape index (κ1) is 13.7. The third-order valence-corrected chi connectivity index (χ3v) is 2.48. The highest BCUT2D eigenvalue weighted by atomic mass is 15.3. The van der Waals surface area contributed by atoms with Crippen LogP contribution in [0.15, 0.2) is 12.3 Å². The van der Waals surface area contributed by atoms with Crippen LogP contribution in [0.3, 0.4) is 0 Å². The van der Waals surface area contributed by atoms with Crippen LogP contribution in [0.1, 0.15) is 13.3 Å². The minimum absolute atomic E-state index is 0.757. The topological polar surface area (TPSA) is 44.3 Å². The summed E-state index contributed by atoms with van der Waals surface area (Å²) in [5, 5.41) is 3.17. The predicted molar refractivity (Wildman–Crippen MR) is 72.8 cm³/mol. The Morgan fingerprint density at radius 2 is 2.06 bits per heavy atom. The summed E-state index contributed by atoms with van der Waals surface area (Å²) in [4.78, 5) is 13.0. The standard InChI is InChI=1S/C12H23N5/c1-5-9-17(10-8-13-2)11-6-7-14-12(15-11)16(3)4/h6-7,13H,5,8-10H2,1-4H3. The summed E-state index contributed by atoms with van der Waals surface area (Å²) in [6.07, 6.45) is 2.94. The van der Waals surface area contributed by atoms with Crippen LogP contribution < -0.4 is 15.1 Å². The zero-order chi connectivity index (χ0) is 12.7. The van der Waals surface area contributed by atoms with Gasteiger partial charge >= 0.3 is 0 Å². The summed E-state index contributed by atoms with van der Waals surface area (Å²) in [7, 11) is 5.88. The van der Waals surface area contributed by atoms with Crippen molar-refractivity contribution in [3.05, 3.63) is 12.3 Å². The molecule has 5 heteroatoms. The van der Waals surface area contributed by atoms with Crippen LogP contribution in [0, 0.1) is 0 Å². The van der Waals surface area contributed by atoms with Crippen molar-refractivity contribution in [2.75, 3.05) is 50.6 Å². The van der Waals surface area contributed by atoms with Gasteiger partial charge in [0.05, 0.1) is 0 Å². The van der Waals surface area contributed by atoms with E-state index in [1.807, 2.05) is 38.3 Å². The maximum Gasteiger partial charge on any atom is 0.226 e. The number of anilines is 2. The number of rotatable bonds is 7. The molecule has 0 aliphatic heterocycles. The molecule has 0 amide bonds. The molecule has 0 spiro atoms. The molecule has 0 bridgehead atoms. The quantitative estimate of drug-likeness (QED) is 0.766. The molecule has 96 valence electrons. The number of nitrogens with one attached hydrogen (secondary N) is 1. The van der Waals surface area contributed by atoms with Gasteiger partial charge in [-0.05, 0) is 19.5 Å². The van der Waals surface area contributed by atoms with Crippen molar-refractivity contribution < 1.29 is 0 Å². The van der Waals surface area contributed by atoms with Crippen LogP contribution in [0.2, 0.25) is 0 Å². The number of likely N-dealkylation sites (N-methyl/N-ethyl adjacent to an activating group) is 1. The molecule has 17 heavy (non-hydrogen) atoms. The molecule has 0 saturated carbocycles. The van der Waals surface area contributed by atoms with Crippen molar-refractivity contribution in [2.24, 2.45) is 0 Å². The number of aromatic nitrogens is 2. The Morgan fingerprint density at radius 3 is 2.65 bits per heavy atom. The maximum absolute atomic E-state index is 4.56. The maximum atomic E-state index is 4.56. The fourth-order valence-electron chi connectivity index (χ4n) is 1.59. The number of hydrogen-bond acceptors (Lipinski definition) is 5. The van der Waals surface area contributed by atoms with Gasteiger partial charge in [0.1, 0.15) is 5.82 Å². The molecule has 1 heterocycles. The van der Waals surface area contributed by atoms with E-state index >= 15 is 0 Å². The lowest BCUT2D eigenvalue weighted by Gasteiger charge is -2.24. The second-order valence-electron chi connectivity index (χ2n) is 4.20. The van der Waals surface area contributed by atoms with E-state index in [0.717, 1.165) is 37.8 Å². The van der Waals surface area contributed by atoms with Crippen molar-refractivity contribution in [1.29, 1.82) is 0 Å². The zero-order valence-corrected chi connectivity index (χ0v) is 11.3. The van der Waals surface area contributed by atoms with Crippen molar-refractivity contribution in [3.63, 3.8) is 0 Å². The van der Waals surface area contributed by atoms with Crippen molar-refractivity contribution in [3.8, 4) is 0 Å². The van der Waals surface area contributed by atoms with Crippen molar-refractivity contribution in [1.82, 2.24) is 15.3 Å². The molecular weight excluding hydrogens is 214 g/mol. The van der Waals surface area contributed by atoms with Crippen LogP contribution in [0.4, 0.5) is 11.8 Å². The molecule has 0 atom stereocenters. The van der Waals surface area contributed by atoms with Gasteiger partial charge in [-0.15, -0.1) is 0 Å². The minimum Gasteiger partial charge on any atom is -0.355 e. The van der Waals surface area contributed by atoms with E-state index in [0.29, 0.717) is 0 Å². The van der Waals surface area contributed by atoms with Gasteiger partial charge in [-0.3, -0.25) is 0 Å². The van der Waals surface area contributed by atoms with Gasteiger partial charge in [0, 0.05) is 39.9 Å². The molecule has 0 radical (unpaired) electrons. The Balaban J connectivity index is 2.81. The van der Waals surface area contributed by atoms with Gasteiger partial charge in [-0.25, -0.2) is 4.98 Å². The first-order chi connectivity index (χ1) is 8.19. The van der Waals surface area contributed by atoms with E-state index in [4.69, 9.17) is 0 Å². The lowest BCUT2D eigenvalue weighted by Crippen LogP contribution is -2.32. The first-order valence-electron chi connectivity index (χ1n) is 6.09. The Morgan fingerprint density at radius 1 is 1.29 bits per heavy atom. The molecule has 0 aromatic carbocycles. The predicted octanol–water partition coefficient (Wildman–Crippen LogP) is 0.978. The van der Waals surface area contributed by atoms with E-state index in [1.165, 1.54) is 0 Å². The monoisotopic (exact) mass is 237 g/mol. The molecule has 1 rings (SSSR count). The summed E-state index contributed by atoms with van der Waals surface area (Å²) in [5.74, 6) is 1.76. The highest BCUT2D eigenvalue weighted by Gasteiger charge is 2.08. The normalized spacial score (nSPS) is 10.4. The van der Waals surface area contributed by atoms with E-state index in [1.54, 1.807) is 0 Å². The molecule has 0 aliphatic carbocycles. The van der Waals surface area contributed by atoms with Crippen LogP contribution in [-0.2, 0) is 0 Å². The van der Waals surface area contributed by atoms with Gasteiger partial charge < -0.3 is 15.1 Å². The van der Waals surface area contributed by atoms with Gasteiger partial charge in [0.15, 0.2) is 0 Å². The number of hydrogen-bond donors (Lipinski definition) is 1. The fraction of sp³-hybridized carbons (Fsp3) is 0.667. The third kappa shape index (κ3) is 4.19. The smallest absolute Gasteiger partial charge is 0.226 e. The number of nitrogens with zero attached hydrogens (tertiary/aromatic N) is 4. The van der Waals surface area contributed by atoms with Crippen LogP contribution >= 0.6 is 0 Å². The van der Waals surface area contributed by atoms with Crippen molar-refractivity contribution >= 4 is 11.8 Å². The molecule has 5 nitrogen and oxygen atoms in total. The zero-order valence-electron chi connectivity index (χ0n) is 11.3. The summed E-state index contributed by atoms with van der Waals surface area (Å²) in [6.45, 7) is 5.13. The Bertz CT molecular complexity index is 326. The average molecular weight is 237 g/mol. The highest BCUT2D eigenvalue weighted by Crippen LogP contribution is 2.13. The van der Waals surface area contributed by atoms with Crippen LogP contribution in [-0.4, -0.2) is 50.7 Å². The minimum atomic E-state index is 0.757. The largest absolute Gasteiger partial charge is 0.355 e. The van der Waals surface area contributed by atoms with E-state index in [-0.39, 0.29) is 0 Å². The molecule has 0 saturated heterocycles. The average Bonchev–Trinajstić information content (AvgIpc) is 2.34. The summed E-state index contributed by atoms with van der Waals surface area (Å²) in [5.41, 5.74) is 0. The molecule has 0 unspecified atom stereocenters. The Hall–Kier alpha value is -1.36. The van der Waals surface area contributed by atoms with Crippen molar-refractivity contribution in [2.45, 2.75) is 13.3 Å². The Labute approximate surface area is 104 Å². The fourth-order valence-corrected chi connectivity index (χ4v) is 1.59. The SMILES string of the molecule is CCCN(CCNC)c1ccnc(N(C)C)n1. The van der Waals surface area contributed by atoms with Crippen LogP contribution in [0.5, 0.6) is 0 Å². The Kier molecular flexibility index (Phi) is 5.69. The molecule has 1 N–H and O–H groups in total. The third-order valence-electron chi connectivity index (χ3n) is 2.48. The molecule has 0 fully saturated rings. The van der Waals surface area contributed by atoms with E-state index in [9.17, 15) is 0 Å². The van der Waals surface area contributed by atoms with Gasteiger partial charge in [-0.2, -0.15) is 4.98 Å². The second kappa shape index (κ2) is 7.06. The van der Waals surface area contributed by atoms with Gasteiger partial charge in [-0.1, -0.05) is 6.92 Å². The highest BCUT2D eigenvalue weighted by molar-refractivity contribution is 5.43. The first-order valence-corrected chi connectivity index (χ1v) is 6.09. The summed E-state index contributed by atoms with van der Waals surface area (Å²) >= 11 is 0. The second-order valence-corrected chi connectivity index (χ2v) is 4.20. The summed E-state index contributed by atoms with van der Waals surface area (Å²) in [6, 6.07) is 1.97. The summed E-state index contributed by atoms with van der Waals surface area (Å²) < 4.78 is 0. The molecule has 0 aliphatic rings. The van der Waals surface area contributed by atoms with Gasteiger partial charge in [0.2, 0.25) is 5.95 Å². The molecule has 1 aromatic heterocycles. The van der Waals surface area contributed by atoms with E-state index in [2.05, 4.69) is 27.1 Å². The van der Waals surface area contributed by atoms with Gasteiger partial charge in [0.25, 0.3) is 0 Å². The lowest BCUT2D eigenvalue weighted by molar-refractivity contribution is 0.701.